The van der Waals surface area contributed by atoms with Crippen molar-refractivity contribution in [3.8, 4) is 5.75 Å². The Morgan fingerprint density at radius 3 is 2.24 bits per heavy atom. The summed E-state index contributed by atoms with van der Waals surface area (Å²) in [5.74, 6) is -0.296. The SMILES string of the molecule is CC[C@@H](C(=O)NC(C)(C)C)N(Cc1ccccc1)C(=O)CN(c1cccc(OC)c1)S(C)(=O)=O. The molecule has 2 aromatic carbocycles. The van der Waals surface area contributed by atoms with Crippen molar-refractivity contribution in [3.05, 3.63) is 60.2 Å². The number of nitrogens with one attached hydrogen (secondary N) is 1. The van der Waals surface area contributed by atoms with Crippen molar-refractivity contribution in [1.29, 1.82) is 0 Å². The fourth-order valence-corrected chi connectivity index (χ4v) is 4.37. The first-order valence-electron chi connectivity index (χ1n) is 11.1. The third kappa shape index (κ3) is 7.76. The number of hydrogen-bond acceptors (Lipinski definition) is 5. The molecule has 0 aliphatic rings. The maximum absolute atomic E-state index is 13.6. The van der Waals surface area contributed by atoms with Gasteiger partial charge in [-0.15, -0.1) is 0 Å². The quantitative estimate of drug-likeness (QED) is 0.553. The van der Waals surface area contributed by atoms with Gasteiger partial charge in [0.1, 0.15) is 18.3 Å². The fraction of sp³-hybridized carbons (Fsp3) is 0.440. The van der Waals surface area contributed by atoms with Crippen molar-refractivity contribution in [2.24, 2.45) is 0 Å². The van der Waals surface area contributed by atoms with Crippen LogP contribution in [-0.4, -0.2) is 56.6 Å². The summed E-state index contributed by atoms with van der Waals surface area (Å²) in [6.07, 6.45) is 1.42. The number of nitrogens with zero attached hydrogens (tertiary/aromatic N) is 2. The lowest BCUT2D eigenvalue weighted by Gasteiger charge is -2.34. The average Bonchev–Trinajstić information content (AvgIpc) is 2.75. The Kier molecular flexibility index (Phi) is 9.09. The highest BCUT2D eigenvalue weighted by atomic mass is 32.2. The summed E-state index contributed by atoms with van der Waals surface area (Å²) < 4.78 is 31.5. The van der Waals surface area contributed by atoms with Crippen LogP contribution >= 0.6 is 0 Å². The molecule has 0 unspecified atom stereocenters. The molecule has 34 heavy (non-hydrogen) atoms. The Hall–Kier alpha value is -3.07. The lowest BCUT2D eigenvalue weighted by Crippen LogP contribution is -2.55. The summed E-state index contributed by atoms with van der Waals surface area (Å²) >= 11 is 0. The largest absolute Gasteiger partial charge is 0.497 e. The van der Waals surface area contributed by atoms with Crippen LogP contribution in [0.15, 0.2) is 54.6 Å². The summed E-state index contributed by atoms with van der Waals surface area (Å²) in [6, 6.07) is 15.0. The fourth-order valence-electron chi connectivity index (χ4n) is 3.53. The molecule has 0 saturated heterocycles. The van der Waals surface area contributed by atoms with Gasteiger partial charge in [-0.2, -0.15) is 0 Å². The van der Waals surface area contributed by atoms with Crippen LogP contribution in [0.2, 0.25) is 0 Å². The minimum Gasteiger partial charge on any atom is -0.497 e. The van der Waals surface area contributed by atoms with Crippen LogP contribution < -0.4 is 14.4 Å². The second-order valence-electron chi connectivity index (χ2n) is 9.14. The molecule has 0 aromatic heterocycles. The summed E-state index contributed by atoms with van der Waals surface area (Å²) in [6.45, 7) is 7.16. The number of methoxy groups -OCH3 is 1. The van der Waals surface area contributed by atoms with Gasteiger partial charge in [0, 0.05) is 18.2 Å². The lowest BCUT2D eigenvalue weighted by atomic mass is 10.1. The zero-order valence-corrected chi connectivity index (χ0v) is 21.6. The smallest absolute Gasteiger partial charge is 0.244 e. The Labute approximate surface area is 202 Å². The zero-order chi connectivity index (χ0) is 25.5. The van der Waals surface area contributed by atoms with Gasteiger partial charge in [-0.05, 0) is 44.9 Å². The van der Waals surface area contributed by atoms with Crippen molar-refractivity contribution >= 4 is 27.5 Å². The molecule has 1 N–H and O–H groups in total. The van der Waals surface area contributed by atoms with E-state index < -0.39 is 34.1 Å². The molecule has 2 amide bonds. The third-order valence-electron chi connectivity index (χ3n) is 5.10. The lowest BCUT2D eigenvalue weighted by molar-refractivity contribution is -0.141. The molecule has 9 heteroatoms. The first-order chi connectivity index (χ1) is 15.9. The molecule has 2 aromatic rings. The normalized spacial score (nSPS) is 12.5. The summed E-state index contributed by atoms with van der Waals surface area (Å²) in [5, 5.41) is 2.94. The van der Waals surface area contributed by atoms with Crippen molar-refractivity contribution in [2.45, 2.75) is 52.2 Å². The first kappa shape index (κ1) is 27.2. The first-order valence-corrected chi connectivity index (χ1v) is 13.0. The molecule has 0 saturated carbocycles. The second kappa shape index (κ2) is 11.4. The molecule has 0 aliphatic carbocycles. The summed E-state index contributed by atoms with van der Waals surface area (Å²) in [5.41, 5.74) is 0.665. The molecule has 1 atom stereocenters. The number of hydrogen-bond donors (Lipinski definition) is 1. The topological polar surface area (TPSA) is 96.0 Å². The van der Waals surface area contributed by atoms with Crippen LogP contribution in [0.3, 0.4) is 0 Å². The van der Waals surface area contributed by atoms with Gasteiger partial charge in [-0.25, -0.2) is 8.42 Å². The van der Waals surface area contributed by atoms with Crippen LogP contribution in [0.4, 0.5) is 5.69 Å². The Balaban J connectivity index is 2.44. The number of rotatable bonds is 10. The van der Waals surface area contributed by atoms with Crippen LogP contribution in [0.1, 0.15) is 39.7 Å². The van der Waals surface area contributed by atoms with E-state index in [4.69, 9.17) is 4.74 Å². The third-order valence-corrected chi connectivity index (χ3v) is 6.24. The number of anilines is 1. The van der Waals surface area contributed by atoms with Gasteiger partial charge in [0.2, 0.25) is 21.8 Å². The van der Waals surface area contributed by atoms with Gasteiger partial charge in [-0.1, -0.05) is 43.3 Å². The molecule has 0 radical (unpaired) electrons. The average molecular weight is 490 g/mol. The van der Waals surface area contributed by atoms with Crippen LogP contribution in [-0.2, 0) is 26.2 Å². The highest BCUT2D eigenvalue weighted by molar-refractivity contribution is 7.92. The molecule has 186 valence electrons. The van der Waals surface area contributed by atoms with Gasteiger partial charge in [0.05, 0.1) is 19.1 Å². The van der Waals surface area contributed by atoms with Crippen molar-refractivity contribution in [3.63, 3.8) is 0 Å². The summed E-state index contributed by atoms with van der Waals surface area (Å²) in [7, 11) is -2.31. The van der Waals surface area contributed by atoms with Crippen molar-refractivity contribution in [2.75, 3.05) is 24.2 Å². The molecule has 8 nitrogen and oxygen atoms in total. The van der Waals surface area contributed by atoms with Crippen molar-refractivity contribution < 1.29 is 22.7 Å². The molecule has 0 spiro atoms. The molecule has 2 rings (SSSR count). The van der Waals surface area contributed by atoms with Gasteiger partial charge >= 0.3 is 0 Å². The van der Waals surface area contributed by atoms with Gasteiger partial charge < -0.3 is 15.0 Å². The molecule has 0 aliphatic heterocycles. The van der Waals surface area contributed by atoms with Crippen LogP contribution in [0.25, 0.3) is 0 Å². The second-order valence-corrected chi connectivity index (χ2v) is 11.0. The number of carbonyl (C=O) groups is 2. The van der Waals surface area contributed by atoms with E-state index in [0.29, 0.717) is 17.9 Å². The van der Waals surface area contributed by atoms with E-state index in [1.807, 2.05) is 58.0 Å². The maximum atomic E-state index is 13.6. The highest BCUT2D eigenvalue weighted by Gasteiger charge is 2.33. The molecular weight excluding hydrogens is 454 g/mol. The van der Waals surface area contributed by atoms with E-state index in [9.17, 15) is 18.0 Å². The van der Waals surface area contributed by atoms with E-state index in [1.54, 1.807) is 24.3 Å². The van der Waals surface area contributed by atoms with Crippen molar-refractivity contribution in [1.82, 2.24) is 10.2 Å². The standard InChI is InChI=1S/C25H35N3O5S/c1-7-22(24(30)26-25(2,3)4)27(17-19-12-9-8-10-13-19)23(29)18-28(34(6,31)32)20-14-11-15-21(16-20)33-5/h8-16,22H,7,17-18H2,1-6H3,(H,26,30)/t22-/m0/s1. The summed E-state index contributed by atoms with van der Waals surface area (Å²) in [4.78, 5) is 28.2. The number of benzene rings is 2. The van der Waals surface area contributed by atoms with Gasteiger partial charge in [0.15, 0.2) is 0 Å². The number of ether oxygens (including phenoxy) is 1. The maximum Gasteiger partial charge on any atom is 0.244 e. The number of sulfonamides is 1. The monoisotopic (exact) mass is 489 g/mol. The predicted octanol–water partition coefficient (Wildman–Crippen LogP) is 3.18. The van der Waals surface area contributed by atoms with Crippen LogP contribution in [0, 0.1) is 0 Å². The van der Waals surface area contributed by atoms with E-state index in [2.05, 4.69) is 5.32 Å². The number of amides is 2. The van der Waals surface area contributed by atoms with Gasteiger partial charge in [0.25, 0.3) is 0 Å². The Morgan fingerprint density at radius 2 is 1.71 bits per heavy atom. The minimum atomic E-state index is -3.80. The van der Waals surface area contributed by atoms with E-state index in [-0.39, 0.29) is 12.5 Å². The predicted molar refractivity (Wildman–Crippen MR) is 134 cm³/mol. The molecular formula is C25H35N3O5S. The Morgan fingerprint density at radius 1 is 1.06 bits per heavy atom. The molecule has 0 heterocycles. The van der Waals surface area contributed by atoms with E-state index >= 15 is 0 Å². The van der Waals surface area contributed by atoms with Crippen LogP contribution in [0.5, 0.6) is 5.75 Å². The van der Waals surface area contributed by atoms with E-state index in [1.165, 1.54) is 12.0 Å². The highest BCUT2D eigenvalue weighted by Crippen LogP contribution is 2.24. The number of carbonyl (C=O) groups excluding carboxylic acids is 2. The molecule has 0 fully saturated rings. The zero-order valence-electron chi connectivity index (χ0n) is 20.7. The Bertz CT molecular complexity index is 1080. The molecule has 0 bridgehead atoms. The van der Waals surface area contributed by atoms with Gasteiger partial charge in [-0.3, -0.25) is 13.9 Å². The van der Waals surface area contributed by atoms with E-state index in [0.717, 1.165) is 16.1 Å². The minimum absolute atomic E-state index is 0.172.